The lowest BCUT2D eigenvalue weighted by Crippen LogP contribution is -2.58. The lowest BCUT2D eigenvalue weighted by Gasteiger charge is -2.49. The van der Waals surface area contributed by atoms with Gasteiger partial charge < -0.3 is 5.32 Å². The molecule has 0 spiro atoms. The first kappa shape index (κ1) is 21.0. The molecule has 7 nitrogen and oxygen atoms in total. The fourth-order valence-corrected chi connectivity index (χ4v) is 4.96. The molecule has 1 amide bonds. The van der Waals surface area contributed by atoms with E-state index in [2.05, 4.69) is 62.9 Å². The van der Waals surface area contributed by atoms with Crippen LogP contribution in [0.3, 0.4) is 0 Å². The van der Waals surface area contributed by atoms with E-state index in [0.717, 1.165) is 51.3 Å². The van der Waals surface area contributed by atoms with E-state index in [1.807, 2.05) is 24.6 Å². The van der Waals surface area contributed by atoms with Crippen molar-refractivity contribution in [1.82, 2.24) is 30.1 Å². The predicted molar refractivity (Wildman–Crippen MR) is 116 cm³/mol. The van der Waals surface area contributed by atoms with Crippen LogP contribution in [0.2, 0.25) is 0 Å². The molecule has 30 heavy (non-hydrogen) atoms. The van der Waals surface area contributed by atoms with Crippen molar-refractivity contribution in [3.8, 4) is 0 Å². The summed E-state index contributed by atoms with van der Waals surface area (Å²) in [4.78, 5) is 17.3. The van der Waals surface area contributed by atoms with Crippen LogP contribution in [-0.4, -0.2) is 62.9 Å². The smallest absolute Gasteiger partial charge is 0.224 e. The van der Waals surface area contributed by atoms with Crippen molar-refractivity contribution in [3.05, 3.63) is 47.8 Å². The van der Waals surface area contributed by atoms with Gasteiger partial charge in [-0.25, -0.2) is 0 Å². The van der Waals surface area contributed by atoms with Gasteiger partial charge in [-0.05, 0) is 51.8 Å². The van der Waals surface area contributed by atoms with Gasteiger partial charge in [0.05, 0.1) is 18.2 Å². The van der Waals surface area contributed by atoms with Crippen LogP contribution >= 0.6 is 0 Å². The molecule has 3 aliphatic heterocycles. The molecule has 0 saturated carbocycles. The molecule has 7 heteroatoms. The summed E-state index contributed by atoms with van der Waals surface area (Å²) in [5.41, 5.74) is 2.30. The summed E-state index contributed by atoms with van der Waals surface area (Å²) in [7, 11) is 2.11. The molecule has 0 aliphatic carbocycles. The van der Waals surface area contributed by atoms with E-state index < -0.39 is 0 Å². The van der Waals surface area contributed by atoms with E-state index >= 15 is 0 Å². The number of fused-ring (bicyclic) bond motifs is 3. The lowest BCUT2D eigenvalue weighted by atomic mass is 9.75. The summed E-state index contributed by atoms with van der Waals surface area (Å²) >= 11 is 0. The van der Waals surface area contributed by atoms with Gasteiger partial charge in [-0.1, -0.05) is 35.5 Å². The van der Waals surface area contributed by atoms with Crippen LogP contribution in [0.1, 0.15) is 37.9 Å². The summed E-state index contributed by atoms with van der Waals surface area (Å²) in [6.07, 6.45) is 4.27. The zero-order valence-electron chi connectivity index (χ0n) is 18.4. The molecular weight excluding hydrogens is 376 g/mol. The van der Waals surface area contributed by atoms with Gasteiger partial charge in [-0.2, -0.15) is 0 Å². The van der Waals surface area contributed by atoms with Crippen molar-refractivity contribution in [3.63, 3.8) is 0 Å². The molecule has 3 fully saturated rings. The Balaban J connectivity index is 1.30. The molecule has 3 aliphatic rings. The van der Waals surface area contributed by atoms with Gasteiger partial charge in [0.1, 0.15) is 0 Å². The Morgan fingerprint density at radius 3 is 2.77 bits per heavy atom. The molecule has 1 N–H and O–H groups in total. The molecule has 4 unspecified atom stereocenters. The summed E-state index contributed by atoms with van der Waals surface area (Å²) in [6, 6.07) is 11.1. The number of hydrogen-bond donors (Lipinski definition) is 1. The van der Waals surface area contributed by atoms with Crippen LogP contribution in [0.25, 0.3) is 0 Å². The Morgan fingerprint density at radius 1 is 1.27 bits per heavy atom. The van der Waals surface area contributed by atoms with E-state index in [0.29, 0.717) is 12.0 Å². The number of nitrogens with one attached hydrogen (secondary N) is 1. The molecule has 4 atom stereocenters. The summed E-state index contributed by atoms with van der Waals surface area (Å²) in [5.74, 6) is 0.844. The molecule has 2 bridgehead atoms. The van der Waals surface area contributed by atoms with Crippen LogP contribution in [0.5, 0.6) is 0 Å². The highest BCUT2D eigenvalue weighted by Crippen LogP contribution is 2.37. The first-order chi connectivity index (χ1) is 14.5. The fraction of sp³-hybridized carbons (Fsp3) is 0.609. The van der Waals surface area contributed by atoms with Gasteiger partial charge in [0.2, 0.25) is 5.91 Å². The van der Waals surface area contributed by atoms with Gasteiger partial charge in [-0.15, -0.1) is 5.10 Å². The molecule has 2 aromatic rings. The number of carbonyl (C=O) groups is 1. The maximum absolute atomic E-state index is 12.5. The fourth-order valence-electron chi connectivity index (χ4n) is 4.96. The topological polar surface area (TPSA) is 66.3 Å². The van der Waals surface area contributed by atoms with Crippen LogP contribution in [-0.2, 0) is 24.4 Å². The zero-order chi connectivity index (χ0) is 21.1. The van der Waals surface area contributed by atoms with Gasteiger partial charge in [0.25, 0.3) is 0 Å². The van der Waals surface area contributed by atoms with E-state index in [-0.39, 0.29) is 17.9 Å². The van der Waals surface area contributed by atoms with Crippen LogP contribution in [0.15, 0.2) is 36.5 Å². The second-order valence-electron chi connectivity index (χ2n) is 9.29. The summed E-state index contributed by atoms with van der Waals surface area (Å²) in [6.45, 7) is 8.54. The van der Waals surface area contributed by atoms with Gasteiger partial charge in [0.15, 0.2) is 0 Å². The van der Waals surface area contributed by atoms with E-state index in [1.54, 1.807) is 0 Å². The van der Waals surface area contributed by atoms with Gasteiger partial charge in [-0.3, -0.25) is 19.3 Å². The number of nitrogens with zero attached hydrogens (tertiary/aromatic N) is 5. The minimum absolute atomic E-state index is 0.135. The molecular formula is C23H34N6O. The molecule has 1 aromatic carbocycles. The summed E-state index contributed by atoms with van der Waals surface area (Å²) in [5, 5.41) is 11.9. The number of carbonyl (C=O) groups excluding carboxylic acids is 1. The Labute approximate surface area is 179 Å². The van der Waals surface area contributed by atoms with Crippen molar-refractivity contribution in [2.24, 2.45) is 11.8 Å². The lowest BCUT2D eigenvalue weighted by molar-refractivity contribution is -0.133. The highest BCUT2D eigenvalue weighted by molar-refractivity contribution is 5.79. The van der Waals surface area contributed by atoms with Crippen molar-refractivity contribution >= 4 is 5.91 Å². The maximum Gasteiger partial charge on any atom is 0.224 e. The second-order valence-corrected chi connectivity index (χ2v) is 9.29. The van der Waals surface area contributed by atoms with Crippen molar-refractivity contribution in [2.75, 3.05) is 20.1 Å². The first-order valence-corrected chi connectivity index (χ1v) is 11.1. The minimum atomic E-state index is 0.135. The minimum Gasteiger partial charge on any atom is -0.354 e. The molecule has 4 heterocycles. The van der Waals surface area contributed by atoms with E-state index in [4.69, 9.17) is 0 Å². The Bertz CT molecular complexity index is 835. The monoisotopic (exact) mass is 410 g/mol. The van der Waals surface area contributed by atoms with E-state index in [1.165, 1.54) is 5.56 Å². The second kappa shape index (κ2) is 9.27. The van der Waals surface area contributed by atoms with Crippen LogP contribution < -0.4 is 5.32 Å². The standard InChI is InChI=1S/C23H34N6O/c1-17(2)24-23(30)22-16-28-10-9-19(22)11-21(28)15-29-14-20(25-26-29)13-27(3)12-18-7-5-4-6-8-18/h4-8,14,17,19,21-22H,9-13,15-16H2,1-3H3,(H,24,30). The third-order valence-electron chi connectivity index (χ3n) is 6.36. The Morgan fingerprint density at radius 2 is 2.07 bits per heavy atom. The van der Waals surface area contributed by atoms with Gasteiger partial charge in [0, 0.05) is 37.9 Å². The first-order valence-electron chi connectivity index (χ1n) is 11.1. The zero-order valence-corrected chi connectivity index (χ0v) is 18.4. The molecule has 1 aromatic heterocycles. The number of hydrogen-bond acceptors (Lipinski definition) is 5. The Kier molecular flexibility index (Phi) is 6.49. The highest BCUT2D eigenvalue weighted by atomic mass is 16.2. The Hall–Kier alpha value is -2.25. The van der Waals surface area contributed by atoms with Crippen molar-refractivity contribution in [1.29, 1.82) is 0 Å². The predicted octanol–water partition coefficient (Wildman–Crippen LogP) is 2.15. The highest BCUT2D eigenvalue weighted by Gasteiger charge is 2.43. The van der Waals surface area contributed by atoms with Crippen molar-refractivity contribution < 1.29 is 4.79 Å². The van der Waals surface area contributed by atoms with Crippen molar-refractivity contribution in [2.45, 2.75) is 58.4 Å². The molecule has 0 radical (unpaired) electrons. The normalized spacial score (nSPS) is 25.8. The maximum atomic E-state index is 12.5. The number of rotatable bonds is 8. The number of benzene rings is 1. The van der Waals surface area contributed by atoms with Gasteiger partial charge >= 0.3 is 0 Å². The third-order valence-corrected chi connectivity index (χ3v) is 6.36. The number of aromatic nitrogens is 3. The average molecular weight is 411 g/mol. The number of amides is 1. The summed E-state index contributed by atoms with van der Waals surface area (Å²) < 4.78 is 1.99. The SMILES string of the molecule is CC(C)NC(=O)C1CN2CCC1CC2Cn1cc(CN(C)Cc2ccccc2)nn1. The molecule has 162 valence electrons. The third kappa shape index (κ3) is 5.08. The number of piperidine rings is 3. The largest absolute Gasteiger partial charge is 0.354 e. The average Bonchev–Trinajstić information content (AvgIpc) is 3.15. The van der Waals surface area contributed by atoms with Crippen LogP contribution in [0.4, 0.5) is 0 Å². The van der Waals surface area contributed by atoms with E-state index in [9.17, 15) is 4.79 Å². The van der Waals surface area contributed by atoms with Crippen LogP contribution in [0, 0.1) is 11.8 Å². The molecule has 5 rings (SSSR count). The molecule has 3 saturated heterocycles. The quantitative estimate of drug-likeness (QED) is 0.722.